The highest BCUT2D eigenvalue weighted by Gasteiger charge is 2.16. The average molecular weight is 309 g/mol. The van der Waals surface area contributed by atoms with Crippen molar-refractivity contribution in [2.45, 2.75) is 18.2 Å². The Morgan fingerprint density at radius 3 is 2.38 bits per heavy atom. The number of benzene rings is 2. The lowest BCUT2D eigenvalue weighted by atomic mass is 10.2. The Labute approximate surface area is 123 Å². The van der Waals surface area contributed by atoms with E-state index in [2.05, 4.69) is 4.72 Å². The molecule has 0 fully saturated rings. The summed E-state index contributed by atoms with van der Waals surface area (Å²) < 4.78 is 45.1. The van der Waals surface area contributed by atoms with Gasteiger partial charge >= 0.3 is 0 Å². The number of hydrogen-bond donors (Lipinski definition) is 1. The first-order chi connectivity index (χ1) is 9.96. The van der Waals surface area contributed by atoms with Gasteiger partial charge in [-0.1, -0.05) is 19.1 Å². The Hall–Kier alpha value is -2.08. The second kappa shape index (κ2) is 6.13. The topological polar surface area (TPSA) is 55.4 Å². The van der Waals surface area contributed by atoms with Gasteiger partial charge in [-0.05, 0) is 36.2 Å². The molecule has 0 aliphatic heterocycles. The van der Waals surface area contributed by atoms with Gasteiger partial charge in [0.05, 0.1) is 17.7 Å². The molecule has 0 unspecified atom stereocenters. The summed E-state index contributed by atoms with van der Waals surface area (Å²) in [6.45, 7) is 1.99. The molecule has 0 saturated heterocycles. The number of methoxy groups -OCH3 is 1. The van der Waals surface area contributed by atoms with Gasteiger partial charge in [-0.2, -0.15) is 0 Å². The zero-order valence-corrected chi connectivity index (χ0v) is 12.6. The van der Waals surface area contributed by atoms with Crippen molar-refractivity contribution in [3.05, 3.63) is 53.8 Å². The van der Waals surface area contributed by atoms with Crippen molar-refractivity contribution in [3.8, 4) is 5.75 Å². The summed E-state index contributed by atoms with van der Waals surface area (Å²) in [4.78, 5) is 0.145. The first kappa shape index (κ1) is 15.3. The van der Waals surface area contributed by atoms with E-state index in [4.69, 9.17) is 4.74 Å². The van der Waals surface area contributed by atoms with Crippen LogP contribution in [0, 0.1) is 5.82 Å². The number of sulfonamides is 1. The van der Waals surface area contributed by atoms with E-state index < -0.39 is 15.8 Å². The van der Waals surface area contributed by atoms with Crippen LogP contribution < -0.4 is 9.46 Å². The van der Waals surface area contributed by atoms with Crippen molar-refractivity contribution in [3.63, 3.8) is 0 Å². The fourth-order valence-electron chi connectivity index (χ4n) is 1.86. The van der Waals surface area contributed by atoms with E-state index in [9.17, 15) is 12.8 Å². The highest BCUT2D eigenvalue weighted by atomic mass is 32.2. The Balaban J connectivity index is 2.32. The molecule has 21 heavy (non-hydrogen) atoms. The van der Waals surface area contributed by atoms with Gasteiger partial charge in [0.15, 0.2) is 0 Å². The summed E-state index contributed by atoms with van der Waals surface area (Å²) in [6.07, 6.45) is 0.833. The van der Waals surface area contributed by atoms with Gasteiger partial charge in [-0.25, -0.2) is 12.8 Å². The minimum absolute atomic E-state index is 0.128. The van der Waals surface area contributed by atoms with Crippen LogP contribution in [-0.4, -0.2) is 15.5 Å². The van der Waals surface area contributed by atoms with E-state index in [1.807, 2.05) is 6.92 Å². The number of aryl methyl sites for hydroxylation is 1. The van der Waals surface area contributed by atoms with Crippen molar-refractivity contribution in [2.24, 2.45) is 0 Å². The van der Waals surface area contributed by atoms with Crippen LogP contribution >= 0.6 is 0 Å². The third kappa shape index (κ3) is 3.52. The third-order valence-electron chi connectivity index (χ3n) is 3.05. The molecule has 2 aromatic carbocycles. The molecule has 0 aliphatic carbocycles. The van der Waals surface area contributed by atoms with Gasteiger partial charge < -0.3 is 4.74 Å². The number of nitrogens with one attached hydrogen (secondary N) is 1. The van der Waals surface area contributed by atoms with Crippen molar-refractivity contribution >= 4 is 15.7 Å². The van der Waals surface area contributed by atoms with Crippen LogP contribution in [0.4, 0.5) is 10.1 Å². The summed E-state index contributed by atoms with van der Waals surface area (Å²) in [7, 11) is -2.39. The van der Waals surface area contributed by atoms with Gasteiger partial charge in [0.1, 0.15) is 11.6 Å². The van der Waals surface area contributed by atoms with Crippen LogP contribution in [-0.2, 0) is 16.4 Å². The smallest absolute Gasteiger partial charge is 0.262 e. The molecular weight excluding hydrogens is 293 g/mol. The molecule has 1 N–H and O–H groups in total. The normalized spacial score (nSPS) is 11.2. The molecule has 2 rings (SSSR count). The molecule has 0 amide bonds. The first-order valence-electron chi connectivity index (χ1n) is 6.41. The summed E-state index contributed by atoms with van der Waals surface area (Å²) in [5, 5.41) is 0. The number of ether oxygens (including phenoxy) is 1. The third-order valence-corrected chi connectivity index (χ3v) is 4.43. The summed E-state index contributed by atoms with van der Waals surface area (Å²) in [6, 6.07) is 10.2. The largest absolute Gasteiger partial charge is 0.494 e. The maximum atomic E-state index is 13.1. The van der Waals surface area contributed by atoms with Crippen LogP contribution in [0.3, 0.4) is 0 Å². The second-order valence-corrected chi connectivity index (χ2v) is 6.13. The summed E-state index contributed by atoms with van der Waals surface area (Å²) in [5.74, 6) is -0.370. The van der Waals surface area contributed by atoms with Crippen LogP contribution in [0.2, 0.25) is 0 Å². The first-order valence-corrected chi connectivity index (χ1v) is 7.90. The fourth-order valence-corrected chi connectivity index (χ4v) is 2.93. The van der Waals surface area contributed by atoms with Crippen molar-refractivity contribution in [2.75, 3.05) is 11.8 Å². The van der Waals surface area contributed by atoms with Crippen LogP contribution in [0.5, 0.6) is 5.75 Å². The highest BCUT2D eigenvalue weighted by Crippen LogP contribution is 2.27. The lowest BCUT2D eigenvalue weighted by molar-refractivity contribution is 0.413. The van der Waals surface area contributed by atoms with Crippen LogP contribution in [0.15, 0.2) is 47.4 Å². The maximum absolute atomic E-state index is 13.1. The summed E-state index contributed by atoms with van der Waals surface area (Å²) >= 11 is 0. The van der Waals surface area contributed by atoms with Crippen LogP contribution in [0.1, 0.15) is 12.5 Å². The van der Waals surface area contributed by atoms with E-state index in [-0.39, 0.29) is 16.3 Å². The maximum Gasteiger partial charge on any atom is 0.262 e. The Bertz CT molecular complexity index is 727. The van der Waals surface area contributed by atoms with E-state index in [1.165, 1.54) is 31.4 Å². The van der Waals surface area contributed by atoms with E-state index in [0.29, 0.717) is 0 Å². The molecule has 4 nitrogen and oxygen atoms in total. The monoisotopic (exact) mass is 309 g/mol. The number of halogens is 1. The molecular formula is C15H16FNO3S. The van der Waals surface area contributed by atoms with Crippen LogP contribution in [0.25, 0.3) is 0 Å². The standard InChI is InChI=1S/C15H16FNO3S/c1-3-11-4-7-13(8-5-11)21(18,19)17-14-9-6-12(16)10-15(14)20-2/h4-10,17H,3H2,1-2H3. The van der Waals surface area contributed by atoms with Crippen molar-refractivity contribution < 1.29 is 17.5 Å². The van der Waals surface area contributed by atoms with Gasteiger partial charge in [0.25, 0.3) is 10.0 Å². The predicted octanol–water partition coefficient (Wildman–Crippen LogP) is 3.20. The molecule has 6 heteroatoms. The Morgan fingerprint density at radius 2 is 1.81 bits per heavy atom. The van der Waals surface area contributed by atoms with Crippen molar-refractivity contribution in [1.82, 2.24) is 0 Å². The SMILES string of the molecule is CCc1ccc(S(=O)(=O)Nc2ccc(F)cc2OC)cc1. The minimum atomic E-state index is -3.74. The lowest BCUT2D eigenvalue weighted by Gasteiger charge is -2.12. The Morgan fingerprint density at radius 1 is 1.14 bits per heavy atom. The quantitative estimate of drug-likeness (QED) is 0.923. The molecule has 0 saturated carbocycles. The molecule has 0 atom stereocenters. The molecule has 0 aliphatic rings. The minimum Gasteiger partial charge on any atom is -0.494 e. The Kier molecular flexibility index (Phi) is 4.47. The van der Waals surface area contributed by atoms with Gasteiger partial charge in [0, 0.05) is 6.07 Å². The number of rotatable bonds is 5. The second-order valence-electron chi connectivity index (χ2n) is 4.45. The van der Waals surface area contributed by atoms with E-state index in [1.54, 1.807) is 12.1 Å². The molecule has 112 valence electrons. The van der Waals surface area contributed by atoms with E-state index >= 15 is 0 Å². The molecule has 0 bridgehead atoms. The molecule has 2 aromatic rings. The zero-order valence-electron chi connectivity index (χ0n) is 11.8. The number of hydrogen-bond acceptors (Lipinski definition) is 3. The number of anilines is 1. The molecule has 0 aromatic heterocycles. The lowest BCUT2D eigenvalue weighted by Crippen LogP contribution is -2.13. The van der Waals surface area contributed by atoms with Gasteiger partial charge in [-0.3, -0.25) is 4.72 Å². The van der Waals surface area contributed by atoms with Gasteiger partial charge in [-0.15, -0.1) is 0 Å². The highest BCUT2D eigenvalue weighted by molar-refractivity contribution is 7.92. The zero-order chi connectivity index (χ0) is 15.5. The van der Waals surface area contributed by atoms with Crippen molar-refractivity contribution in [1.29, 1.82) is 0 Å². The fraction of sp³-hybridized carbons (Fsp3) is 0.200. The van der Waals surface area contributed by atoms with Gasteiger partial charge in [0.2, 0.25) is 0 Å². The van der Waals surface area contributed by atoms with E-state index in [0.717, 1.165) is 18.1 Å². The molecule has 0 spiro atoms. The predicted molar refractivity (Wildman–Crippen MR) is 79.6 cm³/mol. The summed E-state index contributed by atoms with van der Waals surface area (Å²) in [5.41, 5.74) is 1.24. The molecule has 0 heterocycles. The molecule has 0 radical (unpaired) electrons. The average Bonchev–Trinajstić information content (AvgIpc) is 2.49.